The van der Waals surface area contributed by atoms with Gasteiger partial charge in [0.25, 0.3) is 0 Å². The fraction of sp³-hybridized carbons (Fsp3) is 0.500. The monoisotopic (exact) mass is 191 g/mol. The van der Waals surface area contributed by atoms with Gasteiger partial charge >= 0.3 is 0 Å². The largest absolute Gasteiger partial charge is 0.489 e. The topological polar surface area (TPSA) is 21.3 Å². The molecule has 0 bridgehead atoms. The van der Waals surface area contributed by atoms with Crippen molar-refractivity contribution in [2.75, 3.05) is 13.1 Å². The zero-order chi connectivity index (χ0) is 9.97. The molecule has 0 unspecified atom stereocenters. The molecule has 0 amide bonds. The minimum Gasteiger partial charge on any atom is -0.489 e. The van der Waals surface area contributed by atoms with E-state index in [1.54, 1.807) is 0 Å². The lowest BCUT2D eigenvalue weighted by atomic mass is 10.1. The maximum absolute atomic E-state index is 5.90. The molecule has 0 radical (unpaired) electrons. The molecule has 1 atom stereocenters. The van der Waals surface area contributed by atoms with E-state index >= 15 is 0 Å². The number of hydrogen-bond donors (Lipinski definition) is 1. The maximum Gasteiger partial charge on any atom is 0.122 e. The van der Waals surface area contributed by atoms with Crippen molar-refractivity contribution < 1.29 is 4.74 Å². The standard InChI is InChI=1S/C12H17NO/c1-9-3-4-12(10(2)7-9)14-11-5-6-13-8-11/h3-4,7,11,13H,5-6,8H2,1-2H3/t11-/m1/s1. The van der Waals surface area contributed by atoms with E-state index in [9.17, 15) is 0 Å². The summed E-state index contributed by atoms with van der Waals surface area (Å²) in [6.45, 7) is 6.27. The molecule has 14 heavy (non-hydrogen) atoms. The van der Waals surface area contributed by atoms with E-state index in [4.69, 9.17) is 4.74 Å². The van der Waals surface area contributed by atoms with Gasteiger partial charge in [-0.25, -0.2) is 0 Å². The molecule has 0 aromatic heterocycles. The van der Waals surface area contributed by atoms with Crippen LogP contribution in [-0.4, -0.2) is 19.2 Å². The first kappa shape index (κ1) is 9.53. The zero-order valence-corrected chi connectivity index (χ0v) is 8.84. The van der Waals surface area contributed by atoms with Crippen LogP contribution in [0, 0.1) is 13.8 Å². The van der Waals surface area contributed by atoms with Crippen LogP contribution in [0.5, 0.6) is 5.75 Å². The third kappa shape index (κ3) is 2.07. The Kier molecular flexibility index (Phi) is 2.73. The lowest BCUT2D eigenvalue weighted by Gasteiger charge is -2.14. The quantitative estimate of drug-likeness (QED) is 0.772. The van der Waals surface area contributed by atoms with Crippen molar-refractivity contribution in [2.45, 2.75) is 26.4 Å². The average Bonchev–Trinajstić information content (AvgIpc) is 2.62. The molecule has 2 heteroatoms. The Morgan fingerprint density at radius 2 is 2.21 bits per heavy atom. The lowest BCUT2D eigenvalue weighted by molar-refractivity contribution is 0.221. The summed E-state index contributed by atoms with van der Waals surface area (Å²) >= 11 is 0. The highest BCUT2D eigenvalue weighted by Crippen LogP contribution is 2.21. The first-order valence-corrected chi connectivity index (χ1v) is 5.20. The molecular weight excluding hydrogens is 174 g/mol. The smallest absolute Gasteiger partial charge is 0.122 e. The molecule has 1 heterocycles. The second kappa shape index (κ2) is 4.01. The number of ether oxygens (including phenoxy) is 1. The van der Waals surface area contributed by atoms with Crippen molar-refractivity contribution >= 4 is 0 Å². The van der Waals surface area contributed by atoms with Crippen LogP contribution < -0.4 is 10.1 Å². The predicted octanol–water partition coefficient (Wildman–Crippen LogP) is 2.04. The summed E-state index contributed by atoms with van der Waals surface area (Å²) in [6, 6.07) is 6.34. The van der Waals surface area contributed by atoms with Gasteiger partial charge < -0.3 is 10.1 Å². The molecule has 76 valence electrons. The third-order valence-electron chi connectivity index (χ3n) is 2.64. The SMILES string of the molecule is Cc1ccc(O[C@@H]2CCNC2)c(C)c1. The first-order chi connectivity index (χ1) is 6.75. The maximum atomic E-state index is 5.90. The molecule has 1 saturated heterocycles. The van der Waals surface area contributed by atoms with E-state index in [-0.39, 0.29) is 0 Å². The Labute approximate surface area is 85.3 Å². The molecule has 0 aliphatic carbocycles. The van der Waals surface area contributed by atoms with Crippen molar-refractivity contribution in [3.05, 3.63) is 29.3 Å². The van der Waals surface area contributed by atoms with Gasteiger partial charge in [0.2, 0.25) is 0 Å². The first-order valence-electron chi connectivity index (χ1n) is 5.20. The Hall–Kier alpha value is -1.02. The molecule has 1 aliphatic rings. The lowest BCUT2D eigenvalue weighted by Crippen LogP contribution is -2.19. The van der Waals surface area contributed by atoms with Crippen LogP contribution in [0.2, 0.25) is 0 Å². The minimum absolute atomic E-state index is 0.358. The number of nitrogens with one attached hydrogen (secondary N) is 1. The van der Waals surface area contributed by atoms with Gasteiger partial charge in [-0.05, 0) is 38.4 Å². The van der Waals surface area contributed by atoms with Crippen molar-refractivity contribution in [1.29, 1.82) is 0 Å². The minimum atomic E-state index is 0.358. The van der Waals surface area contributed by atoms with Crippen LogP contribution in [0.15, 0.2) is 18.2 Å². The molecular formula is C12H17NO. The van der Waals surface area contributed by atoms with E-state index < -0.39 is 0 Å². The summed E-state index contributed by atoms with van der Waals surface area (Å²) in [6.07, 6.45) is 1.48. The van der Waals surface area contributed by atoms with Crippen LogP contribution in [0.4, 0.5) is 0 Å². The van der Waals surface area contributed by atoms with E-state index in [1.165, 1.54) is 11.1 Å². The fourth-order valence-electron chi connectivity index (χ4n) is 1.84. The van der Waals surface area contributed by atoms with Gasteiger partial charge in [-0.15, -0.1) is 0 Å². The molecule has 1 N–H and O–H groups in total. The number of benzene rings is 1. The van der Waals surface area contributed by atoms with Crippen LogP contribution in [0.25, 0.3) is 0 Å². The Morgan fingerprint density at radius 3 is 2.86 bits per heavy atom. The molecule has 1 aliphatic heterocycles. The second-order valence-electron chi connectivity index (χ2n) is 4.00. The number of rotatable bonds is 2. The highest BCUT2D eigenvalue weighted by Gasteiger charge is 2.16. The summed E-state index contributed by atoms with van der Waals surface area (Å²) in [5.41, 5.74) is 2.52. The average molecular weight is 191 g/mol. The molecule has 0 saturated carbocycles. The van der Waals surface area contributed by atoms with Crippen LogP contribution >= 0.6 is 0 Å². The summed E-state index contributed by atoms with van der Waals surface area (Å²) < 4.78 is 5.90. The van der Waals surface area contributed by atoms with Gasteiger partial charge in [-0.3, -0.25) is 0 Å². The summed E-state index contributed by atoms with van der Waals surface area (Å²) in [5.74, 6) is 1.03. The van der Waals surface area contributed by atoms with Gasteiger partial charge in [0.05, 0.1) is 0 Å². The third-order valence-corrected chi connectivity index (χ3v) is 2.64. The summed E-state index contributed by atoms with van der Waals surface area (Å²) in [5, 5.41) is 3.30. The normalized spacial score (nSPS) is 21.1. The Balaban J connectivity index is 2.08. The van der Waals surface area contributed by atoms with Crippen LogP contribution in [0.1, 0.15) is 17.5 Å². The van der Waals surface area contributed by atoms with Crippen molar-refractivity contribution in [1.82, 2.24) is 5.32 Å². The molecule has 1 fully saturated rings. The molecule has 2 nitrogen and oxygen atoms in total. The van der Waals surface area contributed by atoms with E-state index in [0.717, 1.165) is 25.3 Å². The Morgan fingerprint density at radius 1 is 1.36 bits per heavy atom. The number of hydrogen-bond acceptors (Lipinski definition) is 2. The molecule has 0 spiro atoms. The molecule has 1 aromatic carbocycles. The van der Waals surface area contributed by atoms with Crippen molar-refractivity contribution in [2.24, 2.45) is 0 Å². The molecule has 2 rings (SSSR count). The van der Waals surface area contributed by atoms with E-state index in [1.807, 2.05) is 0 Å². The van der Waals surface area contributed by atoms with Gasteiger partial charge in [-0.2, -0.15) is 0 Å². The number of aryl methyl sites for hydroxylation is 2. The predicted molar refractivity (Wildman–Crippen MR) is 57.8 cm³/mol. The fourth-order valence-corrected chi connectivity index (χ4v) is 1.84. The van der Waals surface area contributed by atoms with Gasteiger partial charge in [-0.1, -0.05) is 17.7 Å². The zero-order valence-electron chi connectivity index (χ0n) is 8.84. The van der Waals surface area contributed by atoms with Crippen molar-refractivity contribution in [3.8, 4) is 5.75 Å². The van der Waals surface area contributed by atoms with Gasteiger partial charge in [0.1, 0.15) is 11.9 Å². The van der Waals surface area contributed by atoms with Crippen LogP contribution in [0.3, 0.4) is 0 Å². The van der Waals surface area contributed by atoms with Crippen molar-refractivity contribution in [3.63, 3.8) is 0 Å². The summed E-state index contributed by atoms with van der Waals surface area (Å²) in [4.78, 5) is 0. The molecule has 1 aromatic rings. The second-order valence-corrected chi connectivity index (χ2v) is 4.00. The van der Waals surface area contributed by atoms with Gasteiger partial charge in [0.15, 0.2) is 0 Å². The van der Waals surface area contributed by atoms with Crippen LogP contribution in [-0.2, 0) is 0 Å². The van der Waals surface area contributed by atoms with E-state index in [0.29, 0.717) is 6.10 Å². The highest BCUT2D eigenvalue weighted by molar-refractivity contribution is 5.35. The summed E-state index contributed by atoms with van der Waals surface area (Å²) in [7, 11) is 0. The van der Waals surface area contributed by atoms with E-state index in [2.05, 4.69) is 37.4 Å². The Bertz CT molecular complexity index is 316. The highest BCUT2D eigenvalue weighted by atomic mass is 16.5. The van der Waals surface area contributed by atoms with Gasteiger partial charge in [0, 0.05) is 6.54 Å².